The van der Waals surface area contributed by atoms with Crippen molar-refractivity contribution >= 4 is 28.5 Å². The fourth-order valence-corrected chi connectivity index (χ4v) is 4.05. The number of hydrogen-bond donors (Lipinski definition) is 1. The Morgan fingerprint density at radius 3 is 2.38 bits per heavy atom. The number of benzene rings is 1. The number of Topliss-reactive ketones (excluding diaryl/α,β-unsaturated/α-hetero) is 1. The molecule has 0 saturated carbocycles. The Hall–Kier alpha value is -4.47. The summed E-state index contributed by atoms with van der Waals surface area (Å²) in [5.74, 6) is -2.41. The molecule has 1 aromatic carbocycles. The smallest absolute Gasteiger partial charge is 0.295 e. The highest BCUT2D eigenvalue weighted by atomic mass is 19.1. The van der Waals surface area contributed by atoms with Gasteiger partial charge in [0.25, 0.3) is 17.6 Å². The van der Waals surface area contributed by atoms with Crippen LogP contribution in [-0.2, 0) is 4.79 Å². The third-order valence-electron chi connectivity index (χ3n) is 5.80. The van der Waals surface area contributed by atoms with E-state index in [-0.39, 0.29) is 35.5 Å². The van der Waals surface area contributed by atoms with Gasteiger partial charge in [-0.3, -0.25) is 14.4 Å². The Morgan fingerprint density at radius 2 is 1.68 bits per heavy atom. The maximum Gasteiger partial charge on any atom is 0.295 e. The molecule has 5 rings (SSSR count). The van der Waals surface area contributed by atoms with Crippen LogP contribution in [0.25, 0.3) is 22.3 Å². The molecule has 1 fully saturated rings. The second-order valence-corrected chi connectivity index (χ2v) is 7.78. The largest absolute Gasteiger partial charge is 0.359 e. The summed E-state index contributed by atoms with van der Waals surface area (Å²) < 4.78 is 14.7. The number of nitrogens with one attached hydrogen (secondary N) is 1. The molecule has 3 aromatic heterocycles. The van der Waals surface area contributed by atoms with Crippen LogP contribution in [0, 0.1) is 5.82 Å². The number of carbonyl (C=O) groups is 3. The van der Waals surface area contributed by atoms with Crippen LogP contribution in [0.2, 0.25) is 0 Å². The van der Waals surface area contributed by atoms with Crippen molar-refractivity contribution in [3.05, 3.63) is 78.3 Å². The van der Waals surface area contributed by atoms with E-state index in [0.717, 1.165) is 6.20 Å². The van der Waals surface area contributed by atoms with Crippen molar-refractivity contribution in [1.82, 2.24) is 29.7 Å². The van der Waals surface area contributed by atoms with E-state index in [9.17, 15) is 18.8 Å². The minimum absolute atomic E-state index is 0.0140. The molecular weight excluding hydrogens is 439 g/mol. The van der Waals surface area contributed by atoms with Gasteiger partial charge in [0.2, 0.25) is 0 Å². The number of halogens is 1. The topological polar surface area (TPSA) is 112 Å². The summed E-state index contributed by atoms with van der Waals surface area (Å²) in [6, 6.07) is 10.5. The molecule has 0 bridgehead atoms. The predicted octanol–water partition coefficient (Wildman–Crippen LogP) is 2.33. The number of pyridine rings is 1. The van der Waals surface area contributed by atoms with Gasteiger partial charge in [-0.15, -0.1) is 0 Å². The Balaban J connectivity index is 1.35. The molecule has 4 aromatic rings. The standard InChI is InChI=1S/C24H19FN6O3/c25-17-13-28-20(18-6-7-26-14-29-18)21-19(17)16(12-27-21)22(32)24(34)31-10-8-30(9-11-31)23(33)15-4-2-1-3-5-15/h1-7,12-14,27H,8-11H2. The molecular formula is C24H19FN6O3. The first-order valence-corrected chi connectivity index (χ1v) is 10.6. The normalized spacial score (nSPS) is 13.8. The highest BCUT2D eigenvalue weighted by Gasteiger charge is 2.31. The van der Waals surface area contributed by atoms with Gasteiger partial charge in [-0.05, 0) is 18.2 Å². The van der Waals surface area contributed by atoms with Gasteiger partial charge in [-0.25, -0.2) is 19.3 Å². The zero-order valence-electron chi connectivity index (χ0n) is 17.9. The molecule has 0 unspecified atom stereocenters. The summed E-state index contributed by atoms with van der Waals surface area (Å²) in [5, 5.41) is -0.0140. The molecule has 0 radical (unpaired) electrons. The third kappa shape index (κ3) is 3.79. The Morgan fingerprint density at radius 1 is 0.941 bits per heavy atom. The van der Waals surface area contributed by atoms with Gasteiger partial charge in [-0.2, -0.15) is 0 Å². The van der Waals surface area contributed by atoms with Crippen LogP contribution >= 0.6 is 0 Å². The van der Waals surface area contributed by atoms with Gasteiger partial charge < -0.3 is 14.8 Å². The lowest BCUT2D eigenvalue weighted by Gasteiger charge is -2.34. The Labute approximate surface area is 193 Å². The first kappa shape index (κ1) is 21.4. The predicted molar refractivity (Wildman–Crippen MR) is 120 cm³/mol. The van der Waals surface area contributed by atoms with E-state index in [0.29, 0.717) is 30.0 Å². The van der Waals surface area contributed by atoms with Crippen LogP contribution in [0.4, 0.5) is 4.39 Å². The molecule has 9 nitrogen and oxygen atoms in total. The van der Waals surface area contributed by atoms with Gasteiger partial charge >= 0.3 is 0 Å². The Bertz CT molecular complexity index is 1380. The number of amides is 2. The summed E-state index contributed by atoms with van der Waals surface area (Å²) in [6.07, 6.45) is 5.19. The molecule has 34 heavy (non-hydrogen) atoms. The summed E-state index contributed by atoms with van der Waals surface area (Å²) in [7, 11) is 0. The number of H-pyrrole nitrogens is 1. The van der Waals surface area contributed by atoms with Crippen LogP contribution < -0.4 is 0 Å². The number of carbonyl (C=O) groups excluding carboxylic acids is 3. The summed E-state index contributed by atoms with van der Waals surface area (Å²) in [6.45, 7) is 1.02. The zero-order valence-corrected chi connectivity index (χ0v) is 17.9. The number of fused-ring (bicyclic) bond motifs is 1. The minimum Gasteiger partial charge on any atom is -0.359 e. The number of hydrogen-bond acceptors (Lipinski definition) is 6. The summed E-state index contributed by atoms with van der Waals surface area (Å²) in [5.41, 5.74) is 1.57. The molecule has 0 atom stereocenters. The second kappa shape index (κ2) is 8.81. The monoisotopic (exact) mass is 458 g/mol. The van der Waals surface area contributed by atoms with Crippen LogP contribution in [0.1, 0.15) is 20.7 Å². The molecule has 170 valence electrons. The first-order valence-electron chi connectivity index (χ1n) is 10.6. The van der Waals surface area contributed by atoms with Crippen LogP contribution in [0.3, 0.4) is 0 Å². The molecule has 10 heteroatoms. The number of ketones is 1. The van der Waals surface area contributed by atoms with Gasteiger partial charge in [0.15, 0.2) is 5.82 Å². The molecule has 0 aliphatic carbocycles. The number of aromatic nitrogens is 4. The fourth-order valence-electron chi connectivity index (χ4n) is 4.05. The van der Waals surface area contributed by atoms with Gasteiger partial charge in [-0.1, -0.05) is 18.2 Å². The third-order valence-corrected chi connectivity index (χ3v) is 5.80. The van der Waals surface area contributed by atoms with E-state index in [1.54, 1.807) is 35.2 Å². The number of rotatable bonds is 4. The van der Waals surface area contributed by atoms with Crippen molar-refractivity contribution in [1.29, 1.82) is 0 Å². The summed E-state index contributed by atoms with van der Waals surface area (Å²) >= 11 is 0. The first-order chi connectivity index (χ1) is 16.5. The molecule has 0 spiro atoms. The maximum atomic E-state index is 14.7. The molecule has 1 N–H and O–H groups in total. The average Bonchev–Trinajstić information content (AvgIpc) is 3.35. The lowest BCUT2D eigenvalue weighted by atomic mass is 10.1. The van der Waals surface area contributed by atoms with Crippen molar-refractivity contribution in [3.63, 3.8) is 0 Å². The quantitative estimate of drug-likeness (QED) is 0.371. The fraction of sp³-hybridized carbons (Fsp3) is 0.167. The van der Waals surface area contributed by atoms with Crippen LogP contribution in [0.5, 0.6) is 0 Å². The van der Waals surface area contributed by atoms with Crippen molar-refractivity contribution in [2.75, 3.05) is 26.2 Å². The maximum absolute atomic E-state index is 14.7. The lowest BCUT2D eigenvalue weighted by Crippen LogP contribution is -2.52. The molecule has 1 aliphatic rings. The lowest BCUT2D eigenvalue weighted by molar-refractivity contribution is -0.127. The van der Waals surface area contributed by atoms with Gasteiger partial charge in [0.1, 0.15) is 12.0 Å². The number of aromatic amines is 1. The van der Waals surface area contributed by atoms with Crippen molar-refractivity contribution in [3.8, 4) is 11.4 Å². The molecule has 1 aliphatic heterocycles. The van der Waals surface area contributed by atoms with E-state index in [2.05, 4.69) is 19.9 Å². The van der Waals surface area contributed by atoms with E-state index >= 15 is 0 Å². The van der Waals surface area contributed by atoms with E-state index < -0.39 is 17.5 Å². The zero-order chi connectivity index (χ0) is 23.7. The van der Waals surface area contributed by atoms with Crippen molar-refractivity contribution in [2.45, 2.75) is 0 Å². The Kier molecular flexibility index (Phi) is 5.54. The number of nitrogens with zero attached hydrogens (tertiary/aromatic N) is 5. The molecule has 4 heterocycles. The number of piperazine rings is 1. The average molecular weight is 458 g/mol. The molecule has 1 saturated heterocycles. The second-order valence-electron chi connectivity index (χ2n) is 7.78. The van der Waals surface area contributed by atoms with E-state index in [1.807, 2.05) is 6.07 Å². The molecule has 2 amide bonds. The highest BCUT2D eigenvalue weighted by Crippen LogP contribution is 2.29. The van der Waals surface area contributed by atoms with Crippen molar-refractivity contribution < 1.29 is 18.8 Å². The van der Waals surface area contributed by atoms with E-state index in [1.165, 1.54) is 23.6 Å². The van der Waals surface area contributed by atoms with Gasteiger partial charge in [0.05, 0.1) is 28.4 Å². The SMILES string of the molecule is O=C(C(=O)N1CCN(C(=O)c2ccccc2)CC1)c1c[nH]c2c(-c3ccncn3)ncc(F)c12. The summed E-state index contributed by atoms with van der Waals surface area (Å²) in [4.78, 5) is 56.6. The van der Waals surface area contributed by atoms with Gasteiger partial charge in [0, 0.05) is 44.1 Å². The van der Waals surface area contributed by atoms with E-state index in [4.69, 9.17) is 0 Å². The van der Waals surface area contributed by atoms with Crippen LogP contribution in [-0.4, -0.2) is 73.5 Å². The minimum atomic E-state index is -0.826. The van der Waals surface area contributed by atoms with Crippen LogP contribution in [0.15, 0.2) is 61.3 Å². The van der Waals surface area contributed by atoms with Crippen molar-refractivity contribution in [2.24, 2.45) is 0 Å². The highest BCUT2D eigenvalue weighted by molar-refractivity contribution is 6.45.